The van der Waals surface area contributed by atoms with E-state index in [0.717, 1.165) is 34.2 Å². The molecule has 6 nitrogen and oxygen atoms in total. The van der Waals surface area contributed by atoms with Crippen LogP contribution < -0.4 is 9.64 Å². The summed E-state index contributed by atoms with van der Waals surface area (Å²) in [6, 6.07) is 17.4. The Bertz CT molecular complexity index is 1200. The summed E-state index contributed by atoms with van der Waals surface area (Å²) in [4.78, 5) is 26.8. The number of nitrogens with zero attached hydrogens (tertiary/aromatic N) is 3. The molecule has 1 unspecified atom stereocenters. The number of carbonyl (C=O) groups excluding carboxylic acids is 1. The molecule has 1 aliphatic rings. The van der Waals surface area contributed by atoms with Crippen molar-refractivity contribution in [1.29, 1.82) is 0 Å². The molecule has 4 aromatic rings. The molecule has 0 saturated heterocycles. The number of ether oxygens (including phenoxy) is 1. The first-order valence-electron chi connectivity index (χ1n) is 9.85. The van der Waals surface area contributed by atoms with Crippen LogP contribution in [-0.4, -0.2) is 54.1 Å². The van der Waals surface area contributed by atoms with Crippen molar-refractivity contribution < 1.29 is 9.53 Å². The van der Waals surface area contributed by atoms with Crippen LogP contribution in [0.4, 0.5) is 5.69 Å². The van der Waals surface area contributed by atoms with E-state index in [1.54, 1.807) is 11.3 Å². The van der Waals surface area contributed by atoms with E-state index >= 15 is 0 Å². The van der Waals surface area contributed by atoms with Crippen molar-refractivity contribution >= 4 is 34.0 Å². The molecule has 0 bridgehead atoms. The highest BCUT2D eigenvalue weighted by atomic mass is 32.1. The number of anilines is 1. The highest BCUT2D eigenvalue weighted by molar-refractivity contribution is 7.13. The van der Waals surface area contributed by atoms with Gasteiger partial charge in [0, 0.05) is 6.54 Å². The molecule has 152 valence electrons. The van der Waals surface area contributed by atoms with Crippen molar-refractivity contribution in [2.24, 2.45) is 0 Å². The van der Waals surface area contributed by atoms with Crippen molar-refractivity contribution in [3.63, 3.8) is 0 Å². The Balaban J connectivity index is 1.56. The van der Waals surface area contributed by atoms with Crippen LogP contribution in [0.25, 0.3) is 21.7 Å². The number of rotatable bonds is 4. The third-order valence-corrected chi connectivity index (χ3v) is 6.02. The second kappa shape index (κ2) is 7.59. The number of carbonyl (C=O) groups is 1. The highest BCUT2D eigenvalue weighted by Gasteiger charge is 2.31. The summed E-state index contributed by atoms with van der Waals surface area (Å²) in [6.45, 7) is 1.22. The maximum atomic E-state index is 13.7. The predicted molar refractivity (Wildman–Crippen MR) is 120 cm³/mol. The molecule has 1 atom stereocenters. The lowest BCUT2D eigenvalue weighted by molar-refractivity contribution is 0.0942. The van der Waals surface area contributed by atoms with Gasteiger partial charge >= 0.3 is 0 Å². The van der Waals surface area contributed by atoms with Gasteiger partial charge in [0.2, 0.25) is 0 Å². The van der Waals surface area contributed by atoms with E-state index in [2.05, 4.69) is 9.88 Å². The summed E-state index contributed by atoms with van der Waals surface area (Å²) in [5.74, 6) is 1.45. The van der Waals surface area contributed by atoms with Crippen molar-refractivity contribution in [3.05, 3.63) is 65.5 Å². The fourth-order valence-electron chi connectivity index (χ4n) is 3.87. The Hall–Kier alpha value is -3.16. The lowest BCUT2D eigenvalue weighted by atomic mass is 10.1. The zero-order valence-corrected chi connectivity index (χ0v) is 17.6. The van der Waals surface area contributed by atoms with Gasteiger partial charge in [-0.3, -0.25) is 4.79 Å². The number of para-hydroxylation sites is 3. The minimum absolute atomic E-state index is 0.0654. The fraction of sp³-hybridized carbons (Fsp3) is 0.217. The Morgan fingerprint density at radius 3 is 2.87 bits per heavy atom. The van der Waals surface area contributed by atoms with E-state index in [-0.39, 0.29) is 12.0 Å². The van der Waals surface area contributed by atoms with Crippen LogP contribution in [0.15, 0.2) is 60.0 Å². The molecule has 0 fully saturated rings. The van der Waals surface area contributed by atoms with Crippen LogP contribution in [0.3, 0.4) is 0 Å². The van der Waals surface area contributed by atoms with Crippen LogP contribution in [0.1, 0.15) is 10.4 Å². The molecule has 0 radical (unpaired) electrons. The van der Waals surface area contributed by atoms with E-state index in [9.17, 15) is 4.79 Å². The lowest BCUT2D eigenvalue weighted by Crippen LogP contribution is -2.47. The fourth-order valence-corrected chi connectivity index (χ4v) is 4.54. The molecule has 5 rings (SSSR count). The molecule has 0 spiro atoms. The van der Waals surface area contributed by atoms with Crippen molar-refractivity contribution in [1.82, 2.24) is 14.9 Å². The number of likely N-dealkylation sites (N-methyl/N-ethyl adjacent to an activating group) is 1. The number of amides is 1. The second-order valence-corrected chi connectivity index (χ2v) is 8.60. The van der Waals surface area contributed by atoms with E-state index < -0.39 is 0 Å². The second-order valence-electron chi connectivity index (χ2n) is 7.65. The number of nitrogens with one attached hydrogen (secondary N) is 1. The average molecular weight is 419 g/mol. The quantitative estimate of drug-likeness (QED) is 0.538. The van der Waals surface area contributed by atoms with E-state index in [1.165, 1.54) is 0 Å². The van der Waals surface area contributed by atoms with Crippen LogP contribution in [0.5, 0.6) is 5.75 Å². The number of H-pyrrole nitrogens is 1. The summed E-state index contributed by atoms with van der Waals surface area (Å²) in [5, 5.41) is 2.02. The van der Waals surface area contributed by atoms with Crippen molar-refractivity contribution in [2.45, 2.75) is 6.10 Å². The normalized spacial score (nSPS) is 16.0. The van der Waals surface area contributed by atoms with Gasteiger partial charge in [0.15, 0.2) is 0 Å². The first-order chi connectivity index (χ1) is 14.6. The number of benzene rings is 2. The molecule has 2 aromatic heterocycles. The molecule has 0 aliphatic carbocycles. The highest BCUT2D eigenvalue weighted by Crippen LogP contribution is 2.35. The number of thiophene rings is 1. The zero-order chi connectivity index (χ0) is 20.7. The smallest absolute Gasteiger partial charge is 0.260 e. The van der Waals surface area contributed by atoms with E-state index in [4.69, 9.17) is 9.72 Å². The molecule has 2 aromatic carbocycles. The minimum Gasteiger partial charge on any atom is -0.485 e. The third kappa shape index (κ3) is 3.36. The predicted octanol–water partition coefficient (Wildman–Crippen LogP) is 4.26. The largest absolute Gasteiger partial charge is 0.485 e. The molecule has 0 saturated carbocycles. The topological polar surface area (TPSA) is 61.5 Å². The number of fused-ring (bicyclic) bond motifs is 2. The SMILES string of the molecule is CN(C)CC1CN(C(=O)c2cccc3[nH]c(-c4cccs4)nc23)c2ccccc2O1. The van der Waals surface area contributed by atoms with Crippen LogP contribution in [-0.2, 0) is 0 Å². The molecule has 1 N–H and O–H groups in total. The lowest BCUT2D eigenvalue weighted by Gasteiger charge is -2.36. The number of imidazole rings is 1. The van der Waals surface area contributed by atoms with Crippen LogP contribution in [0, 0.1) is 0 Å². The van der Waals surface area contributed by atoms with E-state index in [0.29, 0.717) is 17.6 Å². The summed E-state index contributed by atoms with van der Waals surface area (Å²) in [6.07, 6.45) is -0.0982. The Morgan fingerprint density at radius 1 is 1.20 bits per heavy atom. The van der Waals surface area contributed by atoms with Gasteiger partial charge in [-0.25, -0.2) is 4.98 Å². The molecular formula is C23H22N4O2S. The van der Waals surface area contributed by atoms with Gasteiger partial charge in [0.25, 0.3) is 5.91 Å². The maximum Gasteiger partial charge on any atom is 0.260 e. The molecule has 1 amide bonds. The Kier molecular flexibility index (Phi) is 4.77. The number of aromatic amines is 1. The molecular weight excluding hydrogens is 396 g/mol. The first kappa shape index (κ1) is 18.8. The summed E-state index contributed by atoms with van der Waals surface area (Å²) >= 11 is 1.62. The monoisotopic (exact) mass is 418 g/mol. The molecule has 7 heteroatoms. The van der Waals surface area contributed by atoms with E-state index in [1.807, 2.05) is 79.0 Å². The van der Waals surface area contributed by atoms with Crippen molar-refractivity contribution in [2.75, 3.05) is 32.1 Å². The minimum atomic E-state index is -0.0982. The van der Waals surface area contributed by atoms with Gasteiger partial charge in [-0.1, -0.05) is 24.3 Å². The van der Waals surface area contributed by atoms with Gasteiger partial charge in [-0.2, -0.15) is 0 Å². The summed E-state index contributed by atoms with van der Waals surface area (Å²) in [5.41, 5.74) is 2.94. The molecule has 30 heavy (non-hydrogen) atoms. The maximum absolute atomic E-state index is 13.7. The van der Waals surface area contributed by atoms with Crippen molar-refractivity contribution in [3.8, 4) is 16.5 Å². The molecule has 1 aliphatic heterocycles. The van der Waals surface area contributed by atoms with Crippen LogP contribution >= 0.6 is 11.3 Å². The van der Waals surface area contributed by atoms with Gasteiger partial charge in [-0.05, 0) is 49.8 Å². The first-order valence-corrected chi connectivity index (χ1v) is 10.7. The summed E-state index contributed by atoms with van der Waals surface area (Å²) < 4.78 is 6.14. The number of aromatic nitrogens is 2. The Labute approximate surface area is 178 Å². The standard InChI is InChI=1S/C23H22N4O2S/c1-26(2)13-15-14-27(18-9-3-4-10-19(18)29-15)23(28)16-7-5-8-17-21(16)25-22(24-17)20-11-6-12-30-20/h3-12,15H,13-14H2,1-2H3,(H,24,25). The Morgan fingerprint density at radius 2 is 2.07 bits per heavy atom. The number of hydrogen-bond acceptors (Lipinski definition) is 5. The van der Waals surface area contributed by atoms with Gasteiger partial charge in [0.05, 0.1) is 28.2 Å². The zero-order valence-electron chi connectivity index (χ0n) is 16.8. The third-order valence-electron chi connectivity index (χ3n) is 5.15. The average Bonchev–Trinajstić information content (AvgIpc) is 3.41. The van der Waals surface area contributed by atoms with Gasteiger partial charge in [0.1, 0.15) is 23.2 Å². The van der Waals surface area contributed by atoms with Gasteiger partial charge in [-0.15, -0.1) is 11.3 Å². The molecule has 3 heterocycles. The number of hydrogen-bond donors (Lipinski definition) is 1. The summed E-state index contributed by atoms with van der Waals surface area (Å²) in [7, 11) is 4.01. The van der Waals surface area contributed by atoms with Gasteiger partial charge < -0.3 is 19.5 Å². The van der Waals surface area contributed by atoms with Crippen LogP contribution in [0.2, 0.25) is 0 Å².